The van der Waals surface area contributed by atoms with E-state index in [-0.39, 0.29) is 16.2 Å². The smallest absolute Gasteiger partial charge is 0.0468 e. The first-order valence-electron chi connectivity index (χ1n) is 20.5. The summed E-state index contributed by atoms with van der Waals surface area (Å²) in [6.45, 7) is 9.76. The van der Waals surface area contributed by atoms with Crippen molar-refractivity contribution < 1.29 is 0 Å². The highest BCUT2D eigenvalue weighted by Crippen LogP contribution is 2.69. The SMILES string of the molecule is CC1(C)CCC(C)(C)c2cc(N(c3ccc(-c4cccc5ccccc45)cc3)c3ccc4c(c3)-c3ccccc3C43C4CC5CC(C4)CC3C5)ccc21. The minimum Gasteiger partial charge on any atom is -0.310 e. The topological polar surface area (TPSA) is 3.24 Å². The third-order valence-corrected chi connectivity index (χ3v) is 15.1. The van der Waals surface area contributed by atoms with Crippen LogP contribution in [0.25, 0.3) is 33.0 Å². The van der Waals surface area contributed by atoms with E-state index in [9.17, 15) is 0 Å². The Morgan fingerprint density at radius 2 is 1.02 bits per heavy atom. The lowest BCUT2D eigenvalue weighted by Gasteiger charge is -2.61. The Morgan fingerprint density at radius 3 is 1.77 bits per heavy atom. The summed E-state index contributed by atoms with van der Waals surface area (Å²) in [4.78, 5) is 2.55. The summed E-state index contributed by atoms with van der Waals surface area (Å²) in [6, 6.07) is 49.4. The molecule has 6 aromatic rings. The van der Waals surface area contributed by atoms with Crippen LogP contribution in [0.2, 0.25) is 0 Å². The highest BCUT2D eigenvalue weighted by atomic mass is 15.1. The average Bonchev–Trinajstić information content (AvgIpc) is 3.46. The van der Waals surface area contributed by atoms with Gasteiger partial charge in [-0.1, -0.05) is 119 Å². The van der Waals surface area contributed by atoms with E-state index in [2.05, 4.69) is 160 Å². The average molecular weight is 690 g/mol. The van der Waals surface area contributed by atoms with E-state index in [1.165, 1.54) is 106 Å². The predicted molar refractivity (Wildman–Crippen MR) is 223 cm³/mol. The number of anilines is 3. The van der Waals surface area contributed by atoms with Gasteiger partial charge in [-0.05, 0) is 171 Å². The van der Waals surface area contributed by atoms with Crippen LogP contribution in [0.4, 0.5) is 17.1 Å². The standard InChI is InChI=1S/C52H51N/c1-50(2)24-25-51(3,4)49-32-41(21-23-48(49)50)53(39-18-16-36(17-19-39)43-14-9-11-35-10-5-6-12-42(35)43)40-20-22-47-45(31-40)44-13-7-8-15-46(44)52(47)37-27-33-26-34(29-37)30-38(52)28-33/h5-23,31-34,37-38H,24-30H2,1-4H3. The van der Waals surface area contributed by atoms with Crippen molar-refractivity contribution in [3.63, 3.8) is 0 Å². The van der Waals surface area contributed by atoms with Crippen LogP contribution in [0.5, 0.6) is 0 Å². The fourth-order valence-corrected chi connectivity index (χ4v) is 12.7. The molecule has 4 fully saturated rings. The van der Waals surface area contributed by atoms with E-state index in [4.69, 9.17) is 0 Å². The highest BCUT2D eigenvalue weighted by molar-refractivity contribution is 5.97. The second kappa shape index (κ2) is 11.2. The first-order valence-corrected chi connectivity index (χ1v) is 20.5. The van der Waals surface area contributed by atoms with Gasteiger partial charge in [-0.2, -0.15) is 0 Å². The zero-order valence-corrected chi connectivity index (χ0v) is 31.8. The van der Waals surface area contributed by atoms with Gasteiger partial charge in [0.25, 0.3) is 0 Å². The van der Waals surface area contributed by atoms with Gasteiger partial charge < -0.3 is 4.90 Å². The molecule has 1 spiro atoms. The van der Waals surface area contributed by atoms with Gasteiger partial charge in [0, 0.05) is 22.5 Å². The van der Waals surface area contributed by atoms with Crippen LogP contribution < -0.4 is 4.90 Å². The maximum Gasteiger partial charge on any atom is 0.0468 e. The lowest BCUT2D eigenvalue weighted by atomic mass is 9.43. The molecule has 0 aliphatic heterocycles. The molecule has 0 radical (unpaired) electrons. The van der Waals surface area contributed by atoms with Gasteiger partial charge in [0.1, 0.15) is 0 Å². The number of fused-ring (bicyclic) bond motifs is 5. The van der Waals surface area contributed by atoms with Gasteiger partial charge in [-0.3, -0.25) is 0 Å². The molecular weight excluding hydrogens is 639 g/mol. The van der Waals surface area contributed by atoms with Gasteiger partial charge in [-0.25, -0.2) is 0 Å². The van der Waals surface area contributed by atoms with Gasteiger partial charge in [0.05, 0.1) is 0 Å². The lowest BCUT2D eigenvalue weighted by Crippen LogP contribution is -2.55. The molecule has 0 aromatic heterocycles. The summed E-state index contributed by atoms with van der Waals surface area (Å²) in [5.74, 6) is 3.44. The molecule has 0 N–H and O–H groups in total. The van der Waals surface area contributed by atoms with Crippen molar-refractivity contribution in [1.82, 2.24) is 0 Å². The van der Waals surface area contributed by atoms with E-state index in [0.29, 0.717) is 0 Å². The second-order valence-electron chi connectivity index (χ2n) is 18.9. The summed E-state index contributed by atoms with van der Waals surface area (Å²) in [5, 5.41) is 2.58. The molecule has 1 nitrogen and oxygen atoms in total. The van der Waals surface area contributed by atoms with Crippen molar-refractivity contribution in [3.05, 3.63) is 150 Å². The fourth-order valence-electron chi connectivity index (χ4n) is 12.7. The zero-order valence-electron chi connectivity index (χ0n) is 31.8. The Balaban J connectivity index is 1.08. The zero-order chi connectivity index (χ0) is 35.7. The molecule has 0 saturated heterocycles. The Bertz CT molecular complexity index is 2390. The van der Waals surface area contributed by atoms with E-state index >= 15 is 0 Å². The molecule has 0 amide bonds. The Kier molecular flexibility index (Phi) is 6.74. The maximum atomic E-state index is 2.58. The second-order valence-corrected chi connectivity index (χ2v) is 18.9. The van der Waals surface area contributed by atoms with E-state index in [1.54, 1.807) is 11.1 Å². The number of hydrogen-bond donors (Lipinski definition) is 0. The Labute approximate surface area is 316 Å². The van der Waals surface area contributed by atoms with Crippen LogP contribution in [0.15, 0.2) is 127 Å². The molecule has 6 aliphatic rings. The van der Waals surface area contributed by atoms with Crippen molar-refractivity contribution >= 4 is 27.8 Å². The fraction of sp³-hybridized carbons (Fsp3) is 0.346. The van der Waals surface area contributed by atoms with Crippen molar-refractivity contribution in [2.24, 2.45) is 23.7 Å². The minimum atomic E-state index is 0.132. The third-order valence-electron chi connectivity index (χ3n) is 15.1. The summed E-state index contributed by atoms with van der Waals surface area (Å²) in [7, 11) is 0. The lowest BCUT2D eigenvalue weighted by molar-refractivity contribution is -0.0399. The number of nitrogens with zero attached hydrogens (tertiary/aromatic N) is 1. The molecular formula is C52H51N. The molecule has 0 unspecified atom stereocenters. The first kappa shape index (κ1) is 31.9. The quantitative estimate of drug-likeness (QED) is 0.178. The molecule has 12 rings (SSSR count). The molecule has 264 valence electrons. The highest BCUT2D eigenvalue weighted by Gasteiger charge is 2.61. The molecule has 0 atom stereocenters. The third kappa shape index (κ3) is 4.55. The van der Waals surface area contributed by atoms with Gasteiger partial charge in [0.2, 0.25) is 0 Å². The molecule has 0 heterocycles. The van der Waals surface area contributed by atoms with Crippen molar-refractivity contribution in [2.75, 3.05) is 4.90 Å². The van der Waals surface area contributed by atoms with Crippen LogP contribution >= 0.6 is 0 Å². The van der Waals surface area contributed by atoms with Gasteiger partial charge in [0.15, 0.2) is 0 Å². The summed E-state index contributed by atoms with van der Waals surface area (Å²) < 4.78 is 0. The molecule has 6 aromatic carbocycles. The summed E-state index contributed by atoms with van der Waals surface area (Å²) in [5.41, 5.74) is 16.0. The molecule has 4 bridgehead atoms. The molecule has 4 saturated carbocycles. The maximum absolute atomic E-state index is 2.58. The van der Waals surface area contributed by atoms with E-state index in [0.717, 1.165) is 23.7 Å². The predicted octanol–water partition coefficient (Wildman–Crippen LogP) is 14.0. The molecule has 1 heteroatoms. The largest absolute Gasteiger partial charge is 0.310 e. The van der Waals surface area contributed by atoms with Crippen LogP contribution in [-0.4, -0.2) is 0 Å². The van der Waals surface area contributed by atoms with Crippen LogP contribution in [0.3, 0.4) is 0 Å². The number of rotatable bonds is 4. The molecule has 6 aliphatic carbocycles. The normalized spacial score (nSPS) is 26.7. The molecule has 53 heavy (non-hydrogen) atoms. The van der Waals surface area contributed by atoms with E-state index in [1.807, 2.05) is 0 Å². The van der Waals surface area contributed by atoms with Crippen LogP contribution in [0.1, 0.15) is 94.9 Å². The van der Waals surface area contributed by atoms with Crippen LogP contribution in [0, 0.1) is 23.7 Å². The minimum absolute atomic E-state index is 0.132. The summed E-state index contributed by atoms with van der Waals surface area (Å²) >= 11 is 0. The Hall–Kier alpha value is -4.62. The van der Waals surface area contributed by atoms with Crippen molar-refractivity contribution in [1.29, 1.82) is 0 Å². The summed E-state index contributed by atoms with van der Waals surface area (Å²) in [6.07, 6.45) is 9.58. The van der Waals surface area contributed by atoms with Crippen molar-refractivity contribution in [2.45, 2.75) is 88.9 Å². The Morgan fingerprint density at radius 1 is 0.453 bits per heavy atom. The number of benzene rings is 6. The monoisotopic (exact) mass is 689 g/mol. The van der Waals surface area contributed by atoms with Gasteiger partial charge >= 0.3 is 0 Å². The first-order chi connectivity index (χ1) is 25.7. The number of hydrogen-bond acceptors (Lipinski definition) is 1. The van der Waals surface area contributed by atoms with Crippen molar-refractivity contribution in [3.8, 4) is 22.3 Å². The van der Waals surface area contributed by atoms with Crippen LogP contribution in [-0.2, 0) is 16.2 Å². The van der Waals surface area contributed by atoms with E-state index < -0.39 is 0 Å². The van der Waals surface area contributed by atoms with Gasteiger partial charge in [-0.15, -0.1) is 0 Å².